The van der Waals surface area contributed by atoms with Crippen molar-refractivity contribution < 1.29 is 8.42 Å². The molecule has 0 saturated carbocycles. The Labute approximate surface area is 295 Å². The largest absolute Gasteiger partial charge is 0.361 e. The zero-order chi connectivity index (χ0) is 32.8. The Balaban J connectivity index is 0.964. The third kappa shape index (κ3) is 6.11. The SMILES string of the molecule is CC(c1ccc(S(=O)N2CCc3ccc(Br)cc3C2)cc1)c1ccc(S(=O)N2CCCc3ccc(-c4ccc5[nH]ccc5c4)cc32)cc1. The van der Waals surface area contributed by atoms with Gasteiger partial charge < -0.3 is 4.98 Å². The molecule has 3 atom stereocenters. The first kappa shape index (κ1) is 31.4. The maximum absolute atomic E-state index is 14.0. The highest BCUT2D eigenvalue weighted by Crippen LogP contribution is 2.36. The van der Waals surface area contributed by atoms with Crippen LogP contribution in [-0.2, 0) is 41.4 Å². The summed E-state index contributed by atoms with van der Waals surface area (Å²) in [7, 11) is -2.53. The molecule has 8 rings (SSSR count). The summed E-state index contributed by atoms with van der Waals surface area (Å²) < 4.78 is 32.7. The Morgan fingerprint density at radius 3 is 2.15 bits per heavy atom. The monoisotopic (exact) mass is 733 g/mol. The Hall–Kier alpha value is -3.82. The molecule has 0 spiro atoms. The summed E-state index contributed by atoms with van der Waals surface area (Å²) in [4.78, 5) is 4.90. The zero-order valence-electron chi connectivity index (χ0n) is 26.7. The van der Waals surface area contributed by atoms with Crippen LogP contribution in [0.3, 0.4) is 0 Å². The second-order valence-electron chi connectivity index (χ2n) is 12.7. The number of H-pyrrole nitrogens is 1. The lowest BCUT2D eigenvalue weighted by atomic mass is 9.93. The highest BCUT2D eigenvalue weighted by molar-refractivity contribution is 9.10. The van der Waals surface area contributed by atoms with Gasteiger partial charge in [-0.1, -0.05) is 71.4 Å². The number of benzene rings is 5. The van der Waals surface area contributed by atoms with Gasteiger partial charge >= 0.3 is 0 Å². The molecular weight excluding hydrogens is 698 g/mol. The van der Waals surface area contributed by atoms with Crippen LogP contribution in [0.1, 0.15) is 47.1 Å². The molecule has 0 fully saturated rings. The molecule has 0 saturated heterocycles. The first-order valence-corrected chi connectivity index (χ1v) is 19.5. The van der Waals surface area contributed by atoms with Crippen molar-refractivity contribution in [2.45, 2.75) is 48.4 Å². The highest BCUT2D eigenvalue weighted by atomic mass is 79.9. The molecule has 3 heterocycles. The van der Waals surface area contributed by atoms with Crippen LogP contribution in [-0.4, -0.2) is 30.8 Å². The average Bonchev–Trinajstić information content (AvgIpc) is 3.61. The minimum absolute atomic E-state index is 0.143. The predicted molar refractivity (Wildman–Crippen MR) is 201 cm³/mol. The zero-order valence-corrected chi connectivity index (χ0v) is 29.9. The number of anilines is 1. The molecule has 1 N–H and O–H groups in total. The summed E-state index contributed by atoms with van der Waals surface area (Å²) in [6, 6.07) is 37.9. The molecule has 0 amide bonds. The van der Waals surface area contributed by atoms with E-state index in [2.05, 4.69) is 121 Å². The van der Waals surface area contributed by atoms with Crippen LogP contribution in [0.4, 0.5) is 5.69 Å². The number of nitrogens with zero attached hydrogens (tertiary/aromatic N) is 2. The van der Waals surface area contributed by atoms with Crippen LogP contribution < -0.4 is 4.31 Å². The van der Waals surface area contributed by atoms with Crippen LogP contribution in [0.25, 0.3) is 22.0 Å². The fourth-order valence-corrected chi connectivity index (χ4v) is 9.84. The van der Waals surface area contributed by atoms with E-state index in [-0.39, 0.29) is 5.92 Å². The minimum Gasteiger partial charge on any atom is -0.361 e. The van der Waals surface area contributed by atoms with E-state index in [0.717, 1.165) is 80.1 Å². The van der Waals surface area contributed by atoms with Crippen molar-refractivity contribution in [3.05, 3.63) is 148 Å². The van der Waals surface area contributed by atoms with E-state index < -0.39 is 22.0 Å². The van der Waals surface area contributed by atoms with Gasteiger partial charge in [-0.15, -0.1) is 0 Å². The molecule has 5 aromatic carbocycles. The number of aromatic amines is 1. The predicted octanol–water partition coefficient (Wildman–Crippen LogP) is 9.31. The molecular formula is C40H36BrN3O2S2. The standard InChI is InChI=1S/C40H36BrN3O2S2/c1-27(28-7-13-37(14-8-28)47(45)43-22-19-30-6-12-36(41)24-35(30)26-43)29-9-15-38(16-10-29)48(46)44-21-2-3-31-4-5-33(25-40(31)44)32-11-17-39-34(23-32)18-20-42-39/h4-18,20,23-25,27,42H,2-3,19,21-22,26H2,1H3. The van der Waals surface area contributed by atoms with Gasteiger partial charge in [-0.2, -0.15) is 0 Å². The molecule has 2 aliphatic heterocycles. The van der Waals surface area contributed by atoms with E-state index in [4.69, 9.17) is 0 Å². The Bertz CT molecular complexity index is 2180. The molecule has 2 aliphatic rings. The van der Waals surface area contributed by atoms with Crippen molar-refractivity contribution >= 4 is 54.5 Å². The lowest BCUT2D eigenvalue weighted by molar-refractivity contribution is 0.420. The van der Waals surface area contributed by atoms with Crippen LogP contribution in [0, 0.1) is 0 Å². The average molecular weight is 735 g/mol. The third-order valence-corrected chi connectivity index (χ3v) is 13.2. The normalized spacial score (nSPS) is 16.7. The second-order valence-corrected chi connectivity index (χ2v) is 16.5. The van der Waals surface area contributed by atoms with Gasteiger partial charge in [0.1, 0.15) is 11.0 Å². The van der Waals surface area contributed by atoms with Crippen molar-refractivity contribution in [1.29, 1.82) is 0 Å². The maximum atomic E-state index is 14.0. The fourth-order valence-electron chi connectivity index (χ4n) is 6.98. The Morgan fingerprint density at radius 1 is 0.688 bits per heavy atom. The van der Waals surface area contributed by atoms with Crippen LogP contribution >= 0.6 is 15.9 Å². The van der Waals surface area contributed by atoms with Gasteiger partial charge in [0.25, 0.3) is 0 Å². The molecule has 0 radical (unpaired) electrons. The smallest absolute Gasteiger partial charge is 0.152 e. The van der Waals surface area contributed by atoms with Crippen LogP contribution in [0.15, 0.2) is 130 Å². The summed E-state index contributed by atoms with van der Waals surface area (Å²) in [5.41, 5.74) is 10.6. The number of aryl methyl sites for hydroxylation is 1. The van der Waals surface area contributed by atoms with Gasteiger partial charge in [0, 0.05) is 41.7 Å². The first-order chi connectivity index (χ1) is 23.4. The molecule has 242 valence electrons. The second kappa shape index (κ2) is 13.2. The fraction of sp³-hybridized carbons (Fsp3) is 0.200. The Kier molecular flexibility index (Phi) is 8.67. The number of aromatic nitrogens is 1. The van der Waals surface area contributed by atoms with Gasteiger partial charge in [0.05, 0.1) is 15.5 Å². The summed E-state index contributed by atoms with van der Waals surface area (Å²) in [6.07, 6.45) is 4.84. The molecule has 8 heteroatoms. The molecule has 3 unspecified atom stereocenters. The van der Waals surface area contributed by atoms with Gasteiger partial charge in [-0.25, -0.2) is 12.7 Å². The van der Waals surface area contributed by atoms with Gasteiger partial charge in [-0.05, 0) is 124 Å². The lowest BCUT2D eigenvalue weighted by Crippen LogP contribution is -2.32. The van der Waals surface area contributed by atoms with Crippen molar-refractivity contribution in [3.8, 4) is 11.1 Å². The molecule has 0 bridgehead atoms. The number of halogens is 1. The van der Waals surface area contributed by atoms with Crippen LogP contribution in [0.5, 0.6) is 0 Å². The van der Waals surface area contributed by atoms with E-state index in [1.54, 1.807) is 0 Å². The minimum atomic E-state index is -1.32. The van der Waals surface area contributed by atoms with E-state index in [9.17, 15) is 8.42 Å². The quantitative estimate of drug-likeness (QED) is 0.178. The Morgan fingerprint density at radius 2 is 1.38 bits per heavy atom. The van der Waals surface area contributed by atoms with E-state index in [0.29, 0.717) is 6.54 Å². The number of hydrogen-bond donors (Lipinski definition) is 1. The van der Waals surface area contributed by atoms with E-state index in [1.807, 2.05) is 30.5 Å². The lowest BCUT2D eigenvalue weighted by Gasteiger charge is -2.30. The van der Waals surface area contributed by atoms with E-state index >= 15 is 0 Å². The molecule has 5 nitrogen and oxygen atoms in total. The van der Waals surface area contributed by atoms with Gasteiger partial charge in [-0.3, -0.25) is 4.31 Å². The molecule has 0 aliphatic carbocycles. The van der Waals surface area contributed by atoms with Gasteiger partial charge in [0.15, 0.2) is 11.0 Å². The van der Waals surface area contributed by atoms with E-state index in [1.165, 1.54) is 22.1 Å². The molecule has 48 heavy (non-hydrogen) atoms. The number of rotatable bonds is 7. The number of fused-ring (bicyclic) bond motifs is 3. The summed E-state index contributed by atoms with van der Waals surface area (Å²) in [6.45, 7) is 4.40. The van der Waals surface area contributed by atoms with Crippen molar-refractivity contribution in [2.75, 3.05) is 17.4 Å². The summed E-state index contributed by atoms with van der Waals surface area (Å²) in [5, 5.41) is 1.18. The third-order valence-electron chi connectivity index (χ3n) is 9.79. The summed E-state index contributed by atoms with van der Waals surface area (Å²) >= 11 is 3.57. The number of hydrogen-bond acceptors (Lipinski definition) is 2. The maximum Gasteiger partial charge on any atom is 0.152 e. The van der Waals surface area contributed by atoms with Crippen molar-refractivity contribution in [2.24, 2.45) is 0 Å². The number of nitrogens with one attached hydrogen (secondary N) is 1. The molecule has 1 aromatic heterocycles. The highest BCUT2D eigenvalue weighted by Gasteiger charge is 2.25. The topological polar surface area (TPSA) is 56.4 Å². The first-order valence-electron chi connectivity index (χ1n) is 16.5. The summed E-state index contributed by atoms with van der Waals surface area (Å²) in [5.74, 6) is 0.143. The van der Waals surface area contributed by atoms with Crippen LogP contribution in [0.2, 0.25) is 0 Å². The van der Waals surface area contributed by atoms with Gasteiger partial charge in [0.2, 0.25) is 0 Å². The van der Waals surface area contributed by atoms with Crippen molar-refractivity contribution in [3.63, 3.8) is 0 Å². The molecule has 6 aromatic rings. The van der Waals surface area contributed by atoms with Crippen molar-refractivity contribution in [1.82, 2.24) is 9.29 Å².